The van der Waals surface area contributed by atoms with E-state index >= 15 is 0 Å². The fraction of sp³-hybridized carbons (Fsp3) is 0.417. The highest BCUT2D eigenvalue weighted by atomic mass is 79.9. The Morgan fingerprint density at radius 3 is 2.27 bits per heavy atom. The topological polar surface area (TPSA) is 37.3 Å². The van der Waals surface area contributed by atoms with Crippen LogP contribution in [-0.2, 0) is 11.2 Å². The summed E-state index contributed by atoms with van der Waals surface area (Å²) < 4.78 is 0. The summed E-state index contributed by atoms with van der Waals surface area (Å²) in [6.07, 6.45) is 0.522. The Bertz CT molecular complexity index is 330. The zero-order valence-corrected chi connectivity index (χ0v) is 10.5. The SMILES string of the molecule is CC(C)c1ccc(CC(Br)C(=O)O)cc1. The minimum atomic E-state index is -0.817. The van der Waals surface area contributed by atoms with Gasteiger partial charge < -0.3 is 5.11 Å². The van der Waals surface area contributed by atoms with E-state index in [0.717, 1.165) is 5.56 Å². The van der Waals surface area contributed by atoms with E-state index in [1.165, 1.54) is 5.56 Å². The molecule has 82 valence electrons. The molecule has 1 atom stereocenters. The van der Waals surface area contributed by atoms with Crippen molar-refractivity contribution in [2.75, 3.05) is 0 Å². The first-order valence-electron chi connectivity index (χ1n) is 4.96. The highest BCUT2D eigenvalue weighted by Gasteiger charge is 2.13. The molecule has 0 bridgehead atoms. The third-order valence-corrected chi connectivity index (χ3v) is 3.04. The molecule has 0 spiro atoms. The zero-order valence-electron chi connectivity index (χ0n) is 8.90. The van der Waals surface area contributed by atoms with Gasteiger partial charge in [-0.15, -0.1) is 0 Å². The van der Waals surface area contributed by atoms with Crippen LogP contribution in [-0.4, -0.2) is 15.9 Å². The number of carbonyl (C=O) groups is 1. The van der Waals surface area contributed by atoms with Gasteiger partial charge in [0.25, 0.3) is 0 Å². The van der Waals surface area contributed by atoms with Crippen LogP contribution in [0.4, 0.5) is 0 Å². The molecule has 0 aliphatic heterocycles. The van der Waals surface area contributed by atoms with Crippen LogP contribution >= 0.6 is 15.9 Å². The average molecular weight is 271 g/mol. The quantitative estimate of drug-likeness (QED) is 0.854. The number of rotatable bonds is 4. The van der Waals surface area contributed by atoms with Crippen molar-refractivity contribution in [3.8, 4) is 0 Å². The third kappa shape index (κ3) is 3.67. The van der Waals surface area contributed by atoms with Gasteiger partial charge in [-0.2, -0.15) is 0 Å². The minimum Gasteiger partial charge on any atom is -0.480 e. The van der Waals surface area contributed by atoms with Crippen molar-refractivity contribution >= 4 is 21.9 Å². The second-order valence-corrected chi connectivity index (χ2v) is 5.01. The lowest BCUT2D eigenvalue weighted by Gasteiger charge is -2.08. The predicted molar refractivity (Wildman–Crippen MR) is 64.6 cm³/mol. The Morgan fingerprint density at radius 2 is 1.87 bits per heavy atom. The molecular weight excluding hydrogens is 256 g/mol. The zero-order chi connectivity index (χ0) is 11.4. The van der Waals surface area contributed by atoms with Crippen LogP contribution < -0.4 is 0 Å². The molecule has 0 aliphatic rings. The number of carboxylic acid groups (broad SMARTS) is 1. The lowest BCUT2D eigenvalue weighted by Crippen LogP contribution is -2.15. The molecule has 0 saturated carbocycles. The summed E-state index contributed by atoms with van der Waals surface area (Å²) in [5, 5.41) is 8.74. The number of halogens is 1. The Hall–Kier alpha value is -0.830. The van der Waals surface area contributed by atoms with Gasteiger partial charge in [-0.05, 0) is 23.5 Å². The van der Waals surface area contributed by atoms with Crippen molar-refractivity contribution in [3.63, 3.8) is 0 Å². The molecule has 0 amide bonds. The van der Waals surface area contributed by atoms with E-state index in [1.807, 2.05) is 12.1 Å². The molecule has 1 unspecified atom stereocenters. The molecule has 0 aromatic heterocycles. The molecular formula is C12H15BrO2. The summed E-state index contributed by atoms with van der Waals surface area (Å²) in [6.45, 7) is 4.28. The number of hydrogen-bond donors (Lipinski definition) is 1. The number of aliphatic carboxylic acids is 1. The molecule has 1 aromatic carbocycles. The van der Waals surface area contributed by atoms with E-state index < -0.39 is 10.8 Å². The van der Waals surface area contributed by atoms with E-state index in [4.69, 9.17) is 5.11 Å². The number of carboxylic acids is 1. The van der Waals surface area contributed by atoms with E-state index in [-0.39, 0.29) is 0 Å². The smallest absolute Gasteiger partial charge is 0.317 e. The summed E-state index contributed by atoms with van der Waals surface area (Å²) in [5.41, 5.74) is 2.32. The number of alkyl halides is 1. The molecule has 0 saturated heterocycles. The molecule has 0 fully saturated rings. The third-order valence-electron chi connectivity index (χ3n) is 2.33. The first kappa shape index (κ1) is 12.2. The van der Waals surface area contributed by atoms with Crippen LogP contribution in [0.2, 0.25) is 0 Å². The summed E-state index contributed by atoms with van der Waals surface area (Å²) in [5.74, 6) is -0.304. The first-order chi connectivity index (χ1) is 7.00. The second kappa shape index (κ2) is 5.31. The molecule has 1 N–H and O–H groups in total. The average Bonchev–Trinajstić information content (AvgIpc) is 2.18. The van der Waals surface area contributed by atoms with E-state index in [9.17, 15) is 4.79 Å². The van der Waals surface area contributed by atoms with Crippen molar-refractivity contribution in [2.45, 2.75) is 31.0 Å². The number of benzene rings is 1. The van der Waals surface area contributed by atoms with Crippen LogP contribution in [0.5, 0.6) is 0 Å². The lowest BCUT2D eigenvalue weighted by molar-refractivity contribution is -0.136. The van der Waals surface area contributed by atoms with Gasteiger partial charge in [-0.25, -0.2) is 0 Å². The van der Waals surface area contributed by atoms with Crippen molar-refractivity contribution in [1.82, 2.24) is 0 Å². The first-order valence-corrected chi connectivity index (χ1v) is 5.88. The fourth-order valence-electron chi connectivity index (χ4n) is 1.33. The van der Waals surface area contributed by atoms with E-state index in [1.54, 1.807) is 0 Å². The summed E-state index contributed by atoms with van der Waals surface area (Å²) >= 11 is 3.13. The van der Waals surface area contributed by atoms with Gasteiger partial charge in [-0.1, -0.05) is 54.0 Å². The van der Waals surface area contributed by atoms with Gasteiger partial charge >= 0.3 is 5.97 Å². The van der Waals surface area contributed by atoms with Gasteiger partial charge in [0.1, 0.15) is 4.83 Å². The highest BCUT2D eigenvalue weighted by molar-refractivity contribution is 9.10. The van der Waals surface area contributed by atoms with Crippen molar-refractivity contribution < 1.29 is 9.90 Å². The molecule has 2 nitrogen and oxygen atoms in total. The van der Waals surface area contributed by atoms with Crippen molar-refractivity contribution in [1.29, 1.82) is 0 Å². The molecule has 0 aliphatic carbocycles. The van der Waals surface area contributed by atoms with E-state index in [0.29, 0.717) is 12.3 Å². The maximum absolute atomic E-state index is 10.6. The highest BCUT2D eigenvalue weighted by Crippen LogP contribution is 2.16. The van der Waals surface area contributed by atoms with Gasteiger partial charge in [0.05, 0.1) is 0 Å². The van der Waals surface area contributed by atoms with Gasteiger partial charge in [-0.3, -0.25) is 4.79 Å². The van der Waals surface area contributed by atoms with Crippen LogP contribution in [0.1, 0.15) is 30.9 Å². The Morgan fingerprint density at radius 1 is 1.33 bits per heavy atom. The minimum absolute atomic E-state index is 0.498. The van der Waals surface area contributed by atoms with Gasteiger partial charge in [0.15, 0.2) is 0 Å². The van der Waals surface area contributed by atoms with Crippen LogP contribution in [0.15, 0.2) is 24.3 Å². The molecule has 3 heteroatoms. The van der Waals surface area contributed by atoms with Crippen molar-refractivity contribution in [3.05, 3.63) is 35.4 Å². The Labute approximate surface area is 98.4 Å². The van der Waals surface area contributed by atoms with Crippen LogP contribution in [0.25, 0.3) is 0 Å². The van der Waals surface area contributed by atoms with Crippen LogP contribution in [0, 0.1) is 0 Å². The van der Waals surface area contributed by atoms with Crippen molar-refractivity contribution in [2.24, 2.45) is 0 Å². The second-order valence-electron chi connectivity index (χ2n) is 3.91. The molecule has 1 aromatic rings. The Balaban J connectivity index is 2.68. The predicted octanol–water partition coefficient (Wildman–Crippen LogP) is 3.20. The van der Waals surface area contributed by atoms with Gasteiger partial charge in [0.2, 0.25) is 0 Å². The van der Waals surface area contributed by atoms with Crippen LogP contribution in [0.3, 0.4) is 0 Å². The Kier molecular flexibility index (Phi) is 4.33. The summed E-state index contributed by atoms with van der Waals surface area (Å²) in [7, 11) is 0. The molecule has 1 rings (SSSR count). The summed E-state index contributed by atoms with van der Waals surface area (Å²) in [4.78, 5) is 10.1. The van der Waals surface area contributed by atoms with E-state index in [2.05, 4.69) is 41.9 Å². The fourth-order valence-corrected chi connectivity index (χ4v) is 1.71. The maximum atomic E-state index is 10.6. The number of hydrogen-bond acceptors (Lipinski definition) is 1. The molecule has 15 heavy (non-hydrogen) atoms. The maximum Gasteiger partial charge on any atom is 0.317 e. The lowest BCUT2D eigenvalue weighted by atomic mass is 10.0. The molecule has 0 heterocycles. The standard InChI is InChI=1S/C12H15BrO2/c1-8(2)10-5-3-9(4-6-10)7-11(13)12(14)15/h3-6,8,11H,7H2,1-2H3,(H,14,15). The monoisotopic (exact) mass is 270 g/mol. The normalized spacial score (nSPS) is 12.8. The van der Waals surface area contributed by atoms with Gasteiger partial charge in [0, 0.05) is 0 Å². The summed E-state index contributed by atoms with van der Waals surface area (Å²) in [6, 6.07) is 8.10. The largest absolute Gasteiger partial charge is 0.480 e. The molecule has 0 radical (unpaired) electrons.